The topological polar surface area (TPSA) is 38.8 Å². The molecule has 1 aliphatic rings. The first-order chi connectivity index (χ1) is 16.4. The van der Waals surface area contributed by atoms with E-state index in [1.165, 1.54) is 0 Å². The van der Waals surface area contributed by atoms with Crippen molar-refractivity contribution in [3.05, 3.63) is 97.9 Å². The lowest BCUT2D eigenvalue weighted by molar-refractivity contribution is 0.0526. The fraction of sp³-hybridized carbons (Fsp3) is 0.222. The molecule has 0 N–H and O–H groups in total. The first-order valence-corrected chi connectivity index (χ1v) is 12.6. The molecule has 0 aromatic heterocycles. The third-order valence-electron chi connectivity index (χ3n) is 5.58. The van der Waals surface area contributed by atoms with Crippen molar-refractivity contribution in [2.24, 2.45) is 0 Å². The van der Waals surface area contributed by atoms with Crippen molar-refractivity contribution in [2.45, 2.75) is 32.9 Å². The van der Waals surface area contributed by atoms with Crippen LogP contribution in [0.4, 0.5) is 5.69 Å². The van der Waals surface area contributed by atoms with Gasteiger partial charge in [0.05, 0.1) is 22.2 Å². The first-order valence-electron chi connectivity index (χ1n) is 11.0. The van der Waals surface area contributed by atoms with E-state index in [-0.39, 0.29) is 12.0 Å². The van der Waals surface area contributed by atoms with Crippen molar-refractivity contribution in [3.63, 3.8) is 0 Å². The third kappa shape index (κ3) is 5.43. The van der Waals surface area contributed by atoms with E-state index in [1.54, 1.807) is 19.1 Å². The fourth-order valence-corrected chi connectivity index (χ4v) is 4.65. The molecule has 7 heteroatoms. The van der Waals surface area contributed by atoms with E-state index >= 15 is 0 Å². The van der Waals surface area contributed by atoms with Gasteiger partial charge in [-0.15, -0.1) is 0 Å². The summed E-state index contributed by atoms with van der Waals surface area (Å²) in [5, 5.41) is 1.01. The van der Waals surface area contributed by atoms with Crippen LogP contribution in [0.5, 0.6) is 5.75 Å². The summed E-state index contributed by atoms with van der Waals surface area (Å²) in [5.74, 6) is 0.427. The van der Waals surface area contributed by atoms with Crippen LogP contribution in [-0.2, 0) is 11.3 Å². The molecule has 0 saturated heterocycles. The second-order valence-corrected chi connectivity index (χ2v) is 9.72. The molecule has 4 nitrogen and oxygen atoms in total. The molecular weight excluding hydrogens is 537 g/mol. The SMILES string of the molecule is CCOC(=O)c1cccc(N2C(c3cc(Br)ccc3OCc3ccc(Cl)c(Cl)c3)=CCC2C)c1. The number of carbonyl (C=O) groups is 1. The molecule has 0 bridgehead atoms. The molecular formula is C27H24BrCl2NO3. The van der Waals surface area contributed by atoms with Crippen molar-refractivity contribution in [3.8, 4) is 5.75 Å². The average Bonchev–Trinajstić information content (AvgIpc) is 3.21. The van der Waals surface area contributed by atoms with Crippen LogP contribution in [0.25, 0.3) is 5.70 Å². The Morgan fingerprint density at radius 2 is 1.91 bits per heavy atom. The van der Waals surface area contributed by atoms with E-state index in [0.717, 1.165) is 39.2 Å². The Balaban J connectivity index is 1.65. The summed E-state index contributed by atoms with van der Waals surface area (Å²) in [6, 6.07) is 19.2. The fourth-order valence-electron chi connectivity index (χ4n) is 3.97. The van der Waals surface area contributed by atoms with Gasteiger partial charge in [0.25, 0.3) is 0 Å². The van der Waals surface area contributed by atoms with Gasteiger partial charge in [-0.2, -0.15) is 0 Å². The summed E-state index contributed by atoms with van der Waals surface area (Å²) in [7, 11) is 0. The number of ether oxygens (including phenoxy) is 2. The number of hydrogen-bond donors (Lipinski definition) is 0. The summed E-state index contributed by atoms with van der Waals surface area (Å²) < 4.78 is 12.4. The Morgan fingerprint density at radius 3 is 2.68 bits per heavy atom. The first kappa shape index (κ1) is 24.6. The van der Waals surface area contributed by atoms with Gasteiger partial charge in [0.1, 0.15) is 12.4 Å². The zero-order chi connectivity index (χ0) is 24.2. The molecule has 3 aromatic carbocycles. The van der Waals surface area contributed by atoms with Gasteiger partial charge in [-0.1, -0.05) is 57.3 Å². The van der Waals surface area contributed by atoms with Crippen molar-refractivity contribution in [1.29, 1.82) is 0 Å². The molecule has 3 aromatic rings. The van der Waals surface area contributed by atoms with Crippen LogP contribution in [0.3, 0.4) is 0 Å². The van der Waals surface area contributed by atoms with Gasteiger partial charge >= 0.3 is 5.97 Å². The Kier molecular flexibility index (Phi) is 7.87. The number of carbonyl (C=O) groups excluding carboxylic acids is 1. The Bertz CT molecular complexity index is 1240. The highest BCUT2D eigenvalue weighted by Crippen LogP contribution is 2.40. The van der Waals surface area contributed by atoms with E-state index in [1.807, 2.05) is 42.5 Å². The Morgan fingerprint density at radius 1 is 1.09 bits per heavy atom. The van der Waals surface area contributed by atoms with Gasteiger partial charge in [0.15, 0.2) is 0 Å². The molecule has 0 radical (unpaired) electrons. The largest absolute Gasteiger partial charge is 0.488 e. The van der Waals surface area contributed by atoms with E-state index in [9.17, 15) is 4.79 Å². The minimum Gasteiger partial charge on any atom is -0.488 e. The molecule has 0 aliphatic carbocycles. The summed E-state index contributed by atoms with van der Waals surface area (Å²) >= 11 is 15.8. The zero-order valence-corrected chi connectivity index (χ0v) is 22.0. The molecule has 0 saturated carbocycles. The van der Waals surface area contributed by atoms with Crippen molar-refractivity contribution in [2.75, 3.05) is 11.5 Å². The molecule has 1 aliphatic heterocycles. The predicted molar refractivity (Wildman–Crippen MR) is 142 cm³/mol. The predicted octanol–water partition coefficient (Wildman–Crippen LogP) is 8.15. The third-order valence-corrected chi connectivity index (χ3v) is 6.82. The van der Waals surface area contributed by atoms with Crippen molar-refractivity contribution in [1.82, 2.24) is 0 Å². The second-order valence-electron chi connectivity index (χ2n) is 7.99. The van der Waals surface area contributed by atoms with Gasteiger partial charge in [-0.3, -0.25) is 0 Å². The van der Waals surface area contributed by atoms with E-state index < -0.39 is 0 Å². The van der Waals surface area contributed by atoms with Gasteiger partial charge in [-0.25, -0.2) is 4.79 Å². The van der Waals surface area contributed by atoms with Crippen LogP contribution in [0.2, 0.25) is 10.0 Å². The van der Waals surface area contributed by atoms with Gasteiger partial charge < -0.3 is 14.4 Å². The molecule has 1 atom stereocenters. The highest BCUT2D eigenvalue weighted by molar-refractivity contribution is 9.10. The Labute approximate surface area is 218 Å². The van der Waals surface area contributed by atoms with E-state index in [4.69, 9.17) is 32.7 Å². The molecule has 1 unspecified atom stereocenters. The highest BCUT2D eigenvalue weighted by atomic mass is 79.9. The number of anilines is 1. The highest BCUT2D eigenvalue weighted by Gasteiger charge is 2.28. The standard InChI is InChI=1S/C27H24BrCl2NO3/c1-3-33-27(32)19-5-4-6-21(14-19)31-17(2)7-11-25(31)22-15-20(28)9-12-26(22)34-16-18-8-10-23(29)24(30)13-18/h4-6,8-15,17H,3,7,16H2,1-2H3. The normalized spacial score (nSPS) is 15.3. The molecule has 176 valence electrons. The second kappa shape index (κ2) is 10.9. The lowest BCUT2D eigenvalue weighted by Gasteiger charge is -2.29. The quantitative estimate of drug-likeness (QED) is 0.273. The Hall–Kier alpha value is -2.47. The smallest absolute Gasteiger partial charge is 0.338 e. The summed E-state index contributed by atoms with van der Waals surface area (Å²) in [6.45, 7) is 4.66. The van der Waals surface area contributed by atoms with Crippen LogP contribution in [0.15, 0.2) is 71.2 Å². The molecule has 34 heavy (non-hydrogen) atoms. The number of benzene rings is 3. The number of rotatable bonds is 7. The zero-order valence-electron chi connectivity index (χ0n) is 18.9. The van der Waals surface area contributed by atoms with Crippen LogP contribution in [-0.4, -0.2) is 18.6 Å². The van der Waals surface area contributed by atoms with Crippen LogP contribution in [0.1, 0.15) is 41.8 Å². The summed E-state index contributed by atoms with van der Waals surface area (Å²) in [4.78, 5) is 14.5. The summed E-state index contributed by atoms with van der Waals surface area (Å²) in [6.07, 6.45) is 3.08. The monoisotopic (exact) mass is 559 g/mol. The van der Waals surface area contributed by atoms with Gasteiger partial charge in [0.2, 0.25) is 0 Å². The number of esters is 1. The minimum absolute atomic E-state index is 0.217. The lowest BCUT2D eigenvalue weighted by Crippen LogP contribution is -2.27. The lowest BCUT2D eigenvalue weighted by atomic mass is 10.1. The molecule has 4 rings (SSSR count). The minimum atomic E-state index is -0.324. The van der Waals surface area contributed by atoms with Crippen LogP contribution in [0, 0.1) is 0 Å². The van der Waals surface area contributed by atoms with Crippen LogP contribution < -0.4 is 9.64 Å². The van der Waals surface area contributed by atoms with Crippen molar-refractivity contribution < 1.29 is 14.3 Å². The van der Waals surface area contributed by atoms with Crippen molar-refractivity contribution >= 4 is 56.5 Å². The molecule has 1 heterocycles. The maximum atomic E-state index is 12.3. The van der Waals surface area contributed by atoms with Gasteiger partial charge in [-0.05, 0) is 74.4 Å². The maximum absolute atomic E-state index is 12.3. The molecule has 0 fully saturated rings. The van der Waals surface area contributed by atoms with Gasteiger partial charge in [0, 0.05) is 27.5 Å². The van der Waals surface area contributed by atoms with E-state index in [0.29, 0.717) is 28.8 Å². The molecule has 0 amide bonds. The molecule has 0 spiro atoms. The maximum Gasteiger partial charge on any atom is 0.338 e. The van der Waals surface area contributed by atoms with E-state index in [2.05, 4.69) is 39.9 Å². The summed E-state index contributed by atoms with van der Waals surface area (Å²) in [5.41, 5.74) is 4.37. The number of nitrogens with zero attached hydrogens (tertiary/aromatic N) is 1. The number of hydrogen-bond acceptors (Lipinski definition) is 4. The number of halogens is 3. The average molecular weight is 561 g/mol. The van der Waals surface area contributed by atoms with Crippen LogP contribution >= 0.6 is 39.1 Å².